The second-order valence-electron chi connectivity index (χ2n) is 4.58. The van der Waals surface area contributed by atoms with Crippen LogP contribution in [0.2, 0.25) is 0 Å². The Kier molecular flexibility index (Phi) is 6.21. The standard InChI is InChI=1S/C16H16BrF2NS/c1-2-20-16(11-6-13(18)9-14(19)7-11)10-21-15-5-3-4-12(17)8-15/h3-9,16,20H,2,10H2,1H3. The first-order valence-corrected chi connectivity index (χ1v) is 8.44. The molecule has 1 unspecified atom stereocenters. The number of hydrogen-bond acceptors (Lipinski definition) is 2. The zero-order valence-electron chi connectivity index (χ0n) is 11.6. The summed E-state index contributed by atoms with van der Waals surface area (Å²) in [7, 11) is 0. The molecule has 0 bridgehead atoms. The molecule has 21 heavy (non-hydrogen) atoms. The highest BCUT2D eigenvalue weighted by Crippen LogP contribution is 2.27. The van der Waals surface area contributed by atoms with Gasteiger partial charge in [-0.2, -0.15) is 0 Å². The van der Waals surface area contributed by atoms with Crippen LogP contribution in [-0.2, 0) is 0 Å². The predicted octanol–water partition coefficient (Wildman–Crippen LogP) is 5.17. The molecule has 0 aliphatic heterocycles. The Balaban J connectivity index is 2.11. The molecule has 0 aromatic heterocycles. The van der Waals surface area contributed by atoms with Gasteiger partial charge in [0.25, 0.3) is 0 Å². The van der Waals surface area contributed by atoms with E-state index in [1.54, 1.807) is 11.8 Å². The van der Waals surface area contributed by atoms with Crippen molar-refractivity contribution >= 4 is 27.7 Å². The van der Waals surface area contributed by atoms with E-state index < -0.39 is 11.6 Å². The van der Waals surface area contributed by atoms with Gasteiger partial charge in [0.15, 0.2) is 0 Å². The first kappa shape index (κ1) is 16.5. The molecule has 112 valence electrons. The van der Waals surface area contributed by atoms with Crippen LogP contribution in [0.4, 0.5) is 8.78 Å². The molecule has 1 N–H and O–H groups in total. The molecule has 0 saturated carbocycles. The molecule has 0 spiro atoms. The number of nitrogens with one attached hydrogen (secondary N) is 1. The SMILES string of the molecule is CCNC(CSc1cccc(Br)c1)c1cc(F)cc(F)c1. The van der Waals surface area contributed by atoms with Crippen LogP contribution >= 0.6 is 27.7 Å². The molecule has 0 heterocycles. The van der Waals surface area contributed by atoms with Crippen LogP contribution in [0.1, 0.15) is 18.5 Å². The summed E-state index contributed by atoms with van der Waals surface area (Å²) in [6.07, 6.45) is 0. The zero-order valence-corrected chi connectivity index (χ0v) is 14.0. The Morgan fingerprint density at radius 1 is 1.14 bits per heavy atom. The Bertz CT molecular complexity index is 586. The van der Waals surface area contributed by atoms with Gasteiger partial charge >= 0.3 is 0 Å². The third kappa shape index (κ3) is 5.09. The summed E-state index contributed by atoms with van der Waals surface area (Å²) < 4.78 is 27.7. The molecule has 2 rings (SSSR count). The summed E-state index contributed by atoms with van der Waals surface area (Å²) in [5.74, 6) is -0.381. The monoisotopic (exact) mass is 371 g/mol. The van der Waals surface area contributed by atoms with Gasteiger partial charge in [0, 0.05) is 27.2 Å². The fourth-order valence-corrected chi connectivity index (χ4v) is 3.64. The summed E-state index contributed by atoms with van der Waals surface area (Å²) >= 11 is 5.09. The Labute approximate surface area is 136 Å². The van der Waals surface area contributed by atoms with Crippen molar-refractivity contribution in [1.29, 1.82) is 0 Å². The molecule has 1 atom stereocenters. The summed E-state index contributed by atoms with van der Waals surface area (Å²) in [6.45, 7) is 2.72. The smallest absolute Gasteiger partial charge is 0.126 e. The Morgan fingerprint density at radius 3 is 2.48 bits per heavy atom. The number of halogens is 3. The van der Waals surface area contributed by atoms with Crippen LogP contribution in [-0.4, -0.2) is 12.3 Å². The number of hydrogen-bond donors (Lipinski definition) is 1. The van der Waals surface area contributed by atoms with Crippen LogP contribution in [0.3, 0.4) is 0 Å². The van der Waals surface area contributed by atoms with Gasteiger partial charge in [0.1, 0.15) is 11.6 Å². The number of rotatable bonds is 6. The molecular formula is C16H16BrF2NS. The fourth-order valence-electron chi connectivity index (χ4n) is 2.03. The van der Waals surface area contributed by atoms with Gasteiger partial charge in [0.2, 0.25) is 0 Å². The Hall–Kier alpha value is -0.910. The van der Waals surface area contributed by atoms with E-state index in [0.717, 1.165) is 22.0 Å². The van der Waals surface area contributed by atoms with Crippen LogP contribution in [0.5, 0.6) is 0 Å². The molecule has 1 nitrogen and oxygen atoms in total. The van der Waals surface area contributed by atoms with Crippen LogP contribution in [0.25, 0.3) is 0 Å². The van der Waals surface area contributed by atoms with Crippen molar-refractivity contribution in [3.8, 4) is 0 Å². The normalized spacial score (nSPS) is 12.4. The largest absolute Gasteiger partial charge is 0.309 e. The lowest BCUT2D eigenvalue weighted by Gasteiger charge is -2.18. The van der Waals surface area contributed by atoms with Crippen LogP contribution < -0.4 is 5.32 Å². The molecule has 5 heteroatoms. The molecule has 0 radical (unpaired) electrons. The number of thioether (sulfide) groups is 1. The van der Waals surface area contributed by atoms with Gasteiger partial charge in [-0.1, -0.05) is 28.9 Å². The van der Waals surface area contributed by atoms with Gasteiger partial charge < -0.3 is 5.32 Å². The molecule has 2 aromatic rings. The Morgan fingerprint density at radius 2 is 1.86 bits per heavy atom. The fraction of sp³-hybridized carbons (Fsp3) is 0.250. The van der Waals surface area contributed by atoms with Crippen molar-refractivity contribution in [2.45, 2.75) is 17.9 Å². The van der Waals surface area contributed by atoms with E-state index in [9.17, 15) is 8.78 Å². The van der Waals surface area contributed by atoms with Crippen molar-refractivity contribution in [3.63, 3.8) is 0 Å². The highest BCUT2D eigenvalue weighted by Gasteiger charge is 2.13. The average Bonchev–Trinajstić information content (AvgIpc) is 2.42. The van der Waals surface area contributed by atoms with Crippen LogP contribution in [0, 0.1) is 11.6 Å². The van der Waals surface area contributed by atoms with Gasteiger partial charge in [-0.3, -0.25) is 0 Å². The van der Waals surface area contributed by atoms with E-state index in [1.807, 2.05) is 31.2 Å². The van der Waals surface area contributed by atoms with Gasteiger partial charge in [-0.05, 0) is 42.4 Å². The lowest BCUT2D eigenvalue weighted by Crippen LogP contribution is -2.23. The minimum Gasteiger partial charge on any atom is -0.309 e. The van der Waals surface area contributed by atoms with Crippen molar-refractivity contribution in [2.24, 2.45) is 0 Å². The van der Waals surface area contributed by atoms with Gasteiger partial charge in [0.05, 0.1) is 0 Å². The van der Waals surface area contributed by atoms with E-state index >= 15 is 0 Å². The second-order valence-corrected chi connectivity index (χ2v) is 6.59. The maximum Gasteiger partial charge on any atom is 0.126 e. The average molecular weight is 372 g/mol. The number of benzene rings is 2. The molecule has 2 aromatic carbocycles. The van der Waals surface area contributed by atoms with Crippen molar-refractivity contribution in [2.75, 3.05) is 12.3 Å². The van der Waals surface area contributed by atoms with Crippen molar-refractivity contribution in [3.05, 3.63) is 64.1 Å². The maximum atomic E-state index is 13.4. The van der Waals surface area contributed by atoms with E-state index in [0.29, 0.717) is 11.3 Å². The van der Waals surface area contributed by atoms with Gasteiger partial charge in [-0.15, -0.1) is 11.8 Å². The molecule has 0 saturated heterocycles. The predicted molar refractivity (Wildman–Crippen MR) is 87.6 cm³/mol. The van der Waals surface area contributed by atoms with Gasteiger partial charge in [-0.25, -0.2) is 8.78 Å². The second kappa shape index (κ2) is 7.92. The van der Waals surface area contributed by atoms with E-state index in [1.165, 1.54) is 12.1 Å². The quantitative estimate of drug-likeness (QED) is 0.702. The maximum absolute atomic E-state index is 13.4. The lowest BCUT2D eigenvalue weighted by atomic mass is 10.1. The third-order valence-corrected chi connectivity index (χ3v) is 4.53. The van der Waals surface area contributed by atoms with Crippen LogP contribution in [0.15, 0.2) is 51.8 Å². The molecule has 0 aliphatic rings. The van der Waals surface area contributed by atoms with E-state index in [4.69, 9.17) is 0 Å². The van der Waals surface area contributed by atoms with Crippen molar-refractivity contribution < 1.29 is 8.78 Å². The van der Waals surface area contributed by atoms with E-state index in [2.05, 4.69) is 21.2 Å². The minimum absolute atomic E-state index is 0.0934. The van der Waals surface area contributed by atoms with Crippen molar-refractivity contribution in [1.82, 2.24) is 5.32 Å². The third-order valence-electron chi connectivity index (χ3n) is 2.95. The highest BCUT2D eigenvalue weighted by molar-refractivity contribution is 9.10. The lowest BCUT2D eigenvalue weighted by molar-refractivity contribution is 0.558. The van der Waals surface area contributed by atoms with E-state index in [-0.39, 0.29) is 6.04 Å². The first-order valence-electron chi connectivity index (χ1n) is 6.66. The molecule has 0 fully saturated rings. The summed E-state index contributed by atoms with van der Waals surface area (Å²) in [5.41, 5.74) is 0.636. The minimum atomic E-state index is -0.541. The summed E-state index contributed by atoms with van der Waals surface area (Å²) in [6, 6.07) is 11.6. The molecular weight excluding hydrogens is 356 g/mol. The zero-order chi connectivity index (χ0) is 15.2. The first-order chi connectivity index (χ1) is 10.1. The highest BCUT2D eigenvalue weighted by atomic mass is 79.9. The topological polar surface area (TPSA) is 12.0 Å². The molecule has 0 aliphatic carbocycles. The summed E-state index contributed by atoms with van der Waals surface area (Å²) in [5, 5.41) is 3.27. The summed E-state index contributed by atoms with van der Waals surface area (Å²) in [4.78, 5) is 1.11. The molecule has 0 amide bonds.